The molecule has 1 aromatic heterocycles. The number of anilines is 2. The van der Waals surface area contributed by atoms with E-state index in [9.17, 15) is 4.79 Å². The smallest absolute Gasteiger partial charge is 0.317 e. The highest BCUT2D eigenvalue weighted by Gasteiger charge is 2.26. The molecule has 0 saturated carbocycles. The van der Waals surface area contributed by atoms with Gasteiger partial charge in [-0.15, -0.1) is 0 Å². The van der Waals surface area contributed by atoms with Crippen LogP contribution in [0.15, 0.2) is 42.6 Å². The number of benzene rings is 1. The molecule has 1 fully saturated rings. The van der Waals surface area contributed by atoms with Crippen molar-refractivity contribution in [2.45, 2.75) is 13.8 Å². The molecule has 2 aromatic rings. The van der Waals surface area contributed by atoms with Crippen LogP contribution in [0.25, 0.3) is 0 Å². The Morgan fingerprint density at radius 3 is 2.35 bits per heavy atom. The summed E-state index contributed by atoms with van der Waals surface area (Å²) in [5, 5.41) is 3.01. The van der Waals surface area contributed by atoms with E-state index >= 15 is 0 Å². The predicted molar refractivity (Wildman–Crippen MR) is 91.7 cm³/mol. The average Bonchev–Trinajstić information content (AvgIpc) is 2.55. The Morgan fingerprint density at radius 2 is 1.74 bits per heavy atom. The van der Waals surface area contributed by atoms with Crippen molar-refractivity contribution < 1.29 is 9.78 Å². The van der Waals surface area contributed by atoms with Gasteiger partial charge in [-0.05, 0) is 43.2 Å². The molecule has 0 aliphatic carbocycles. The Morgan fingerprint density at radius 1 is 1.04 bits per heavy atom. The summed E-state index contributed by atoms with van der Waals surface area (Å²) < 4.78 is 0. The average molecular weight is 311 g/mol. The standard InChI is InChI=1S/C18H22N4O/c1-14-11-15(2)13-16(12-14)20-18(23)22-9-7-21(8-10-22)17-5-3-4-6-19-17/h3-6,11-13H,7-10H2,1-2H3,(H,20,23)/p+1. The van der Waals surface area contributed by atoms with Gasteiger partial charge in [-0.25, -0.2) is 9.78 Å². The molecule has 1 aliphatic rings. The number of rotatable bonds is 2. The number of nitrogens with one attached hydrogen (secondary N) is 2. The minimum absolute atomic E-state index is 0.0216. The largest absolute Gasteiger partial charge is 0.322 e. The van der Waals surface area contributed by atoms with E-state index in [-0.39, 0.29) is 6.03 Å². The van der Waals surface area contributed by atoms with Crippen molar-refractivity contribution in [3.63, 3.8) is 0 Å². The van der Waals surface area contributed by atoms with E-state index in [0.29, 0.717) is 0 Å². The first-order valence-electron chi connectivity index (χ1n) is 7.98. The third-order valence-corrected chi connectivity index (χ3v) is 4.07. The van der Waals surface area contributed by atoms with E-state index in [1.165, 1.54) is 0 Å². The number of aromatic amines is 1. The van der Waals surface area contributed by atoms with Crippen LogP contribution in [0.1, 0.15) is 11.1 Å². The molecule has 2 heterocycles. The first kappa shape index (κ1) is 15.3. The number of hydrogen-bond acceptors (Lipinski definition) is 2. The van der Waals surface area contributed by atoms with Gasteiger partial charge in [0, 0.05) is 11.8 Å². The van der Waals surface area contributed by atoms with E-state index in [1.54, 1.807) is 0 Å². The summed E-state index contributed by atoms with van der Waals surface area (Å²) in [6.07, 6.45) is 1.93. The van der Waals surface area contributed by atoms with Crippen molar-refractivity contribution in [3.05, 3.63) is 53.7 Å². The van der Waals surface area contributed by atoms with E-state index in [1.807, 2.05) is 49.2 Å². The number of pyridine rings is 1. The Bertz CT molecular complexity index is 658. The number of carbonyl (C=O) groups is 1. The lowest BCUT2D eigenvalue weighted by molar-refractivity contribution is -0.364. The SMILES string of the molecule is Cc1cc(C)cc(NC(=O)N2CCN(c3cccc[nH+]3)CC2)c1. The van der Waals surface area contributed by atoms with Crippen LogP contribution < -0.4 is 15.2 Å². The summed E-state index contributed by atoms with van der Waals surface area (Å²) in [6, 6.07) is 12.1. The lowest BCUT2D eigenvalue weighted by Crippen LogP contribution is -2.51. The van der Waals surface area contributed by atoms with Crippen LogP contribution in [0.4, 0.5) is 16.3 Å². The molecule has 23 heavy (non-hydrogen) atoms. The van der Waals surface area contributed by atoms with Crippen molar-refractivity contribution in [2.75, 3.05) is 36.4 Å². The van der Waals surface area contributed by atoms with E-state index < -0.39 is 0 Å². The number of amides is 2. The number of aromatic nitrogens is 1. The highest BCUT2D eigenvalue weighted by atomic mass is 16.2. The maximum atomic E-state index is 12.4. The van der Waals surface area contributed by atoms with Crippen LogP contribution in [-0.2, 0) is 0 Å². The molecule has 3 rings (SSSR count). The Kier molecular flexibility index (Phi) is 4.46. The summed E-state index contributed by atoms with van der Waals surface area (Å²) in [4.78, 5) is 19.8. The summed E-state index contributed by atoms with van der Waals surface area (Å²) in [5.74, 6) is 1.10. The number of nitrogens with zero attached hydrogens (tertiary/aromatic N) is 2. The van der Waals surface area contributed by atoms with Gasteiger partial charge >= 0.3 is 6.03 Å². The molecule has 1 aliphatic heterocycles. The molecule has 0 atom stereocenters. The van der Waals surface area contributed by atoms with Crippen LogP contribution in [0.2, 0.25) is 0 Å². The molecule has 1 aromatic carbocycles. The maximum Gasteiger partial charge on any atom is 0.322 e. The Balaban J connectivity index is 1.58. The molecule has 5 nitrogen and oxygen atoms in total. The van der Waals surface area contributed by atoms with Gasteiger partial charge < -0.3 is 10.2 Å². The minimum atomic E-state index is -0.0216. The molecule has 120 valence electrons. The molecule has 5 heteroatoms. The van der Waals surface area contributed by atoms with E-state index in [4.69, 9.17) is 0 Å². The van der Waals surface area contributed by atoms with Crippen LogP contribution in [0.5, 0.6) is 0 Å². The number of aryl methyl sites for hydroxylation is 2. The molecular weight excluding hydrogens is 288 g/mol. The highest BCUT2D eigenvalue weighted by molar-refractivity contribution is 5.89. The number of carbonyl (C=O) groups excluding carboxylic acids is 1. The van der Waals surface area contributed by atoms with Gasteiger partial charge in [0.2, 0.25) is 0 Å². The van der Waals surface area contributed by atoms with Crippen molar-refractivity contribution in [3.8, 4) is 0 Å². The summed E-state index contributed by atoms with van der Waals surface area (Å²) in [6.45, 7) is 7.19. The fourth-order valence-corrected chi connectivity index (χ4v) is 2.98. The van der Waals surface area contributed by atoms with E-state index in [0.717, 1.165) is 48.8 Å². The lowest BCUT2D eigenvalue weighted by atomic mass is 10.1. The molecule has 0 unspecified atom stereocenters. The summed E-state index contributed by atoms with van der Waals surface area (Å²) >= 11 is 0. The maximum absolute atomic E-state index is 12.4. The number of hydrogen-bond donors (Lipinski definition) is 1. The second-order valence-electron chi connectivity index (χ2n) is 6.03. The zero-order chi connectivity index (χ0) is 16.2. The van der Waals surface area contributed by atoms with Gasteiger partial charge in [0.15, 0.2) is 0 Å². The van der Waals surface area contributed by atoms with E-state index in [2.05, 4.69) is 27.3 Å². The molecule has 0 radical (unpaired) electrons. The zero-order valence-corrected chi connectivity index (χ0v) is 13.7. The Hall–Kier alpha value is -2.56. The van der Waals surface area contributed by atoms with Gasteiger partial charge in [-0.1, -0.05) is 12.1 Å². The van der Waals surface area contributed by atoms with Crippen LogP contribution in [0, 0.1) is 13.8 Å². The monoisotopic (exact) mass is 311 g/mol. The van der Waals surface area contributed by atoms with Gasteiger partial charge in [0.05, 0.1) is 19.3 Å². The van der Waals surface area contributed by atoms with Crippen LogP contribution in [-0.4, -0.2) is 37.1 Å². The first-order valence-corrected chi connectivity index (χ1v) is 7.98. The summed E-state index contributed by atoms with van der Waals surface area (Å²) in [5.41, 5.74) is 3.18. The predicted octanol–water partition coefficient (Wildman–Crippen LogP) is 2.47. The minimum Gasteiger partial charge on any atom is -0.317 e. The van der Waals surface area contributed by atoms with Crippen LogP contribution >= 0.6 is 0 Å². The molecular formula is C18H23N4O+. The molecule has 2 amide bonds. The third-order valence-electron chi connectivity index (χ3n) is 4.07. The number of piperazine rings is 1. The van der Waals surface area contributed by atoms with Gasteiger partial charge in [-0.3, -0.25) is 4.90 Å². The molecule has 0 spiro atoms. The van der Waals surface area contributed by atoms with Gasteiger partial charge in [0.25, 0.3) is 5.82 Å². The summed E-state index contributed by atoms with van der Waals surface area (Å²) in [7, 11) is 0. The van der Waals surface area contributed by atoms with Crippen molar-refractivity contribution in [1.29, 1.82) is 0 Å². The molecule has 0 bridgehead atoms. The molecule has 2 N–H and O–H groups in total. The molecule has 1 saturated heterocycles. The fourth-order valence-electron chi connectivity index (χ4n) is 2.98. The quantitative estimate of drug-likeness (QED) is 0.926. The van der Waals surface area contributed by atoms with Crippen molar-refractivity contribution in [2.24, 2.45) is 0 Å². The van der Waals surface area contributed by atoms with Gasteiger partial charge in [0.1, 0.15) is 13.1 Å². The Labute approximate surface area is 136 Å². The van der Waals surface area contributed by atoms with Crippen LogP contribution in [0.3, 0.4) is 0 Å². The fraction of sp³-hybridized carbons (Fsp3) is 0.333. The zero-order valence-electron chi connectivity index (χ0n) is 13.7. The second kappa shape index (κ2) is 6.69. The number of H-pyrrole nitrogens is 1. The first-order chi connectivity index (χ1) is 11.1. The topological polar surface area (TPSA) is 49.7 Å². The van der Waals surface area contributed by atoms with Crippen molar-refractivity contribution >= 4 is 17.5 Å². The van der Waals surface area contributed by atoms with Gasteiger partial charge in [-0.2, -0.15) is 0 Å². The normalized spacial score (nSPS) is 14.7. The van der Waals surface area contributed by atoms with Crippen molar-refractivity contribution in [1.82, 2.24) is 4.90 Å². The highest BCUT2D eigenvalue weighted by Crippen LogP contribution is 2.15. The lowest BCUT2D eigenvalue weighted by Gasteiger charge is -2.31. The number of urea groups is 1. The second-order valence-corrected chi connectivity index (χ2v) is 6.03. The third kappa shape index (κ3) is 3.80.